The summed E-state index contributed by atoms with van der Waals surface area (Å²) in [5.74, 6) is -0.513. The van der Waals surface area contributed by atoms with Crippen molar-refractivity contribution >= 4 is 11.9 Å². The van der Waals surface area contributed by atoms with Gasteiger partial charge < -0.3 is 9.47 Å². The first-order valence-electron chi connectivity index (χ1n) is 15.9. The van der Waals surface area contributed by atoms with Crippen molar-refractivity contribution in [2.75, 3.05) is 0 Å². The van der Waals surface area contributed by atoms with Gasteiger partial charge in [0.1, 0.15) is 11.4 Å². The van der Waals surface area contributed by atoms with Crippen molar-refractivity contribution in [1.82, 2.24) is 0 Å². The van der Waals surface area contributed by atoms with Crippen LogP contribution in [0.2, 0.25) is 0 Å². The van der Waals surface area contributed by atoms with E-state index in [-0.39, 0.29) is 0 Å². The minimum absolute atomic E-state index is 0.322. The predicted molar refractivity (Wildman–Crippen MR) is 162 cm³/mol. The Morgan fingerprint density at radius 3 is 1.24 bits per heavy atom. The second kappa shape index (κ2) is 23.3. The average Bonchev–Trinajstić information content (AvgIpc) is 2.85. The molecule has 0 aliphatic heterocycles. The Balaban J connectivity index is 3.86. The van der Waals surface area contributed by atoms with Gasteiger partial charge in [0, 0.05) is 12.0 Å². The van der Waals surface area contributed by atoms with Crippen molar-refractivity contribution in [3.8, 4) is 0 Å². The fourth-order valence-corrected chi connectivity index (χ4v) is 4.52. The lowest BCUT2D eigenvalue weighted by Crippen LogP contribution is -2.25. The van der Waals surface area contributed by atoms with E-state index in [1.54, 1.807) is 13.8 Å². The zero-order valence-corrected chi connectivity index (χ0v) is 26.2. The maximum atomic E-state index is 12.5. The topological polar surface area (TPSA) is 52.6 Å². The molecule has 38 heavy (non-hydrogen) atoms. The van der Waals surface area contributed by atoms with E-state index in [4.69, 9.17) is 9.47 Å². The number of carbonyl (C=O) groups is 2. The number of ether oxygens (including phenoxy) is 2. The van der Waals surface area contributed by atoms with Gasteiger partial charge in [-0.3, -0.25) is 0 Å². The molecule has 0 unspecified atom stereocenters. The van der Waals surface area contributed by atoms with Gasteiger partial charge >= 0.3 is 11.9 Å². The van der Waals surface area contributed by atoms with Crippen molar-refractivity contribution in [3.05, 3.63) is 23.5 Å². The molecule has 0 radical (unpaired) electrons. The Morgan fingerprint density at radius 2 is 0.921 bits per heavy atom. The standard InChI is InChI=1S/C34H62O4/c1-8-9-10-11-12-13-14-15-16-17-18-19-20-21-22-23-24-25-26-27-28-31(37-32(35)29(2)3)30(4)33(36)38-34(5,6)7/h2,8-28H2,1,3-7H3/b31-30-. The molecular formula is C34H62O4. The quantitative estimate of drug-likeness (QED) is 0.0535. The lowest BCUT2D eigenvalue weighted by molar-refractivity contribution is -0.150. The summed E-state index contributed by atoms with van der Waals surface area (Å²) in [7, 11) is 0. The SMILES string of the molecule is C=C(C)C(=O)O/C(CCCCCCCCCCCCCCCCCCCCCC)=C(/C)C(=O)OC(C)(C)C. The minimum Gasteiger partial charge on any atom is -0.457 e. The first-order valence-corrected chi connectivity index (χ1v) is 15.9. The average molecular weight is 535 g/mol. The first-order chi connectivity index (χ1) is 18.1. The smallest absolute Gasteiger partial charge is 0.338 e. The van der Waals surface area contributed by atoms with Crippen molar-refractivity contribution in [1.29, 1.82) is 0 Å². The van der Waals surface area contributed by atoms with E-state index in [0.717, 1.165) is 12.8 Å². The molecule has 0 aromatic heterocycles. The van der Waals surface area contributed by atoms with Crippen molar-refractivity contribution in [3.63, 3.8) is 0 Å². The van der Waals surface area contributed by atoms with Crippen LogP contribution < -0.4 is 0 Å². The van der Waals surface area contributed by atoms with Crippen LogP contribution >= 0.6 is 0 Å². The summed E-state index contributed by atoms with van der Waals surface area (Å²) < 4.78 is 10.9. The van der Waals surface area contributed by atoms with E-state index in [0.29, 0.717) is 23.3 Å². The zero-order valence-electron chi connectivity index (χ0n) is 26.2. The zero-order chi connectivity index (χ0) is 28.7. The molecule has 222 valence electrons. The first kappa shape index (κ1) is 36.4. The molecule has 0 saturated carbocycles. The van der Waals surface area contributed by atoms with Crippen LogP contribution in [0.5, 0.6) is 0 Å². The third-order valence-corrected chi connectivity index (χ3v) is 6.95. The Morgan fingerprint density at radius 1 is 0.579 bits per heavy atom. The molecule has 0 rings (SSSR count). The van der Waals surface area contributed by atoms with Crippen LogP contribution in [0.4, 0.5) is 0 Å². The van der Waals surface area contributed by atoms with E-state index >= 15 is 0 Å². The molecule has 0 heterocycles. The number of esters is 2. The molecule has 0 aromatic rings. The minimum atomic E-state index is -0.589. The molecule has 0 spiro atoms. The highest BCUT2D eigenvalue weighted by molar-refractivity contribution is 5.91. The van der Waals surface area contributed by atoms with E-state index < -0.39 is 17.5 Å². The van der Waals surface area contributed by atoms with E-state index in [1.807, 2.05) is 20.8 Å². The summed E-state index contributed by atoms with van der Waals surface area (Å²) in [6, 6.07) is 0. The van der Waals surface area contributed by atoms with Crippen molar-refractivity contribution in [2.24, 2.45) is 0 Å². The van der Waals surface area contributed by atoms with E-state index in [2.05, 4.69) is 13.5 Å². The third-order valence-electron chi connectivity index (χ3n) is 6.95. The van der Waals surface area contributed by atoms with Crippen LogP contribution in [0.1, 0.15) is 176 Å². The van der Waals surface area contributed by atoms with Gasteiger partial charge in [-0.15, -0.1) is 0 Å². The van der Waals surface area contributed by atoms with Crippen LogP contribution in [-0.4, -0.2) is 17.5 Å². The molecule has 0 aliphatic rings. The van der Waals surface area contributed by atoms with Gasteiger partial charge in [-0.05, 0) is 41.0 Å². The molecule has 4 nitrogen and oxygen atoms in total. The Bertz CT molecular complexity index is 668. The van der Waals surface area contributed by atoms with E-state index in [9.17, 15) is 9.59 Å². The number of allylic oxidation sites excluding steroid dienone is 1. The highest BCUT2D eigenvalue weighted by Crippen LogP contribution is 2.21. The van der Waals surface area contributed by atoms with Crippen LogP contribution in [0.15, 0.2) is 23.5 Å². The second-order valence-corrected chi connectivity index (χ2v) is 12.2. The number of carbonyl (C=O) groups excluding carboxylic acids is 2. The monoisotopic (exact) mass is 534 g/mol. The molecule has 0 amide bonds. The predicted octanol–water partition coefficient (Wildman–Crippen LogP) is 10.9. The molecule has 0 fully saturated rings. The van der Waals surface area contributed by atoms with Crippen LogP contribution in [0, 0.1) is 0 Å². The van der Waals surface area contributed by atoms with Crippen LogP contribution in [0.25, 0.3) is 0 Å². The maximum Gasteiger partial charge on any atom is 0.338 e. The molecule has 0 saturated heterocycles. The molecule has 0 aliphatic carbocycles. The molecule has 0 N–H and O–H groups in total. The number of unbranched alkanes of at least 4 members (excludes halogenated alkanes) is 19. The van der Waals surface area contributed by atoms with Crippen LogP contribution in [-0.2, 0) is 19.1 Å². The Kier molecular flexibility index (Phi) is 22.4. The van der Waals surface area contributed by atoms with Gasteiger partial charge in [-0.1, -0.05) is 135 Å². The van der Waals surface area contributed by atoms with Gasteiger partial charge in [-0.2, -0.15) is 0 Å². The molecule has 4 heteroatoms. The maximum absolute atomic E-state index is 12.5. The summed E-state index contributed by atoms with van der Waals surface area (Å²) >= 11 is 0. The Hall–Kier alpha value is -1.58. The summed E-state index contributed by atoms with van der Waals surface area (Å²) in [5.41, 5.74) is 0.102. The lowest BCUT2D eigenvalue weighted by atomic mass is 10.0. The van der Waals surface area contributed by atoms with Crippen LogP contribution in [0.3, 0.4) is 0 Å². The van der Waals surface area contributed by atoms with Crippen molar-refractivity contribution in [2.45, 2.75) is 182 Å². The van der Waals surface area contributed by atoms with E-state index in [1.165, 1.54) is 116 Å². The fraction of sp³-hybridized carbons (Fsp3) is 0.824. The fourth-order valence-electron chi connectivity index (χ4n) is 4.52. The Labute approximate surface area is 236 Å². The van der Waals surface area contributed by atoms with Gasteiger partial charge in [0.05, 0.1) is 5.57 Å². The summed E-state index contributed by atoms with van der Waals surface area (Å²) in [4.78, 5) is 24.5. The molecule has 0 bridgehead atoms. The normalized spacial score (nSPS) is 12.3. The summed E-state index contributed by atoms with van der Waals surface area (Å²) in [6.07, 6.45) is 27.3. The van der Waals surface area contributed by atoms with Gasteiger partial charge in [0.15, 0.2) is 0 Å². The largest absolute Gasteiger partial charge is 0.457 e. The number of rotatable bonds is 24. The van der Waals surface area contributed by atoms with Gasteiger partial charge in [0.25, 0.3) is 0 Å². The summed E-state index contributed by atoms with van der Waals surface area (Å²) in [6.45, 7) is 14.7. The summed E-state index contributed by atoms with van der Waals surface area (Å²) in [5, 5.41) is 0. The highest BCUT2D eigenvalue weighted by Gasteiger charge is 2.22. The molecular weight excluding hydrogens is 472 g/mol. The lowest BCUT2D eigenvalue weighted by Gasteiger charge is -2.21. The van der Waals surface area contributed by atoms with Gasteiger partial charge in [-0.25, -0.2) is 9.59 Å². The molecule has 0 atom stereocenters. The number of hydrogen-bond acceptors (Lipinski definition) is 4. The highest BCUT2D eigenvalue weighted by atomic mass is 16.6. The molecule has 0 aromatic carbocycles. The van der Waals surface area contributed by atoms with Crippen molar-refractivity contribution < 1.29 is 19.1 Å². The third kappa shape index (κ3) is 22.4. The van der Waals surface area contributed by atoms with Gasteiger partial charge in [0.2, 0.25) is 0 Å². The second-order valence-electron chi connectivity index (χ2n) is 12.2. The number of hydrogen-bond donors (Lipinski definition) is 0.